The van der Waals surface area contributed by atoms with Crippen LogP contribution in [-0.2, 0) is 6.42 Å². The van der Waals surface area contributed by atoms with Crippen LogP contribution >= 0.6 is 0 Å². The van der Waals surface area contributed by atoms with Crippen molar-refractivity contribution in [1.82, 2.24) is 14.8 Å². The lowest BCUT2D eigenvalue weighted by molar-refractivity contribution is 0.757. The van der Waals surface area contributed by atoms with Crippen LogP contribution in [-0.4, -0.2) is 21.3 Å². The maximum Gasteiger partial charge on any atom is 0.347 e. The summed E-state index contributed by atoms with van der Waals surface area (Å²) in [5.74, 6) is 0.648. The molecule has 0 bridgehead atoms. The quantitative estimate of drug-likeness (QED) is 0.807. The number of aromatic nitrogens is 3. The van der Waals surface area contributed by atoms with E-state index >= 15 is 0 Å². The number of nitriles is 1. The van der Waals surface area contributed by atoms with Crippen LogP contribution in [0.4, 0.5) is 0 Å². The van der Waals surface area contributed by atoms with E-state index in [-0.39, 0.29) is 5.69 Å². The lowest BCUT2D eigenvalue weighted by Gasteiger charge is -2.04. The van der Waals surface area contributed by atoms with Gasteiger partial charge in [-0.3, -0.25) is 0 Å². The average Bonchev–Trinajstić information content (AvgIpc) is 2.77. The molecule has 0 saturated heterocycles. The number of rotatable bonds is 4. The second-order valence-electron chi connectivity index (χ2n) is 3.83. The van der Waals surface area contributed by atoms with E-state index in [1.807, 2.05) is 6.07 Å². The lowest BCUT2D eigenvalue weighted by Crippen LogP contribution is -2.17. The van der Waals surface area contributed by atoms with Gasteiger partial charge in [-0.1, -0.05) is 0 Å². The van der Waals surface area contributed by atoms with Gasteiger partial charge in [0, 0.05) is 6.42 Å². The Bertz CT molecular complexity index is 617. The lowest BCUT2D eigenvalue weighted by atomic mass is 10.2. The standard InChI is InChI=1S/C12H13N5O/c13-7-1-2-11-15-16-12(18)17(11)10-5-3-9(8-14)4-6-10/h3-6H,1-2,7,13H2,(H,16,18). The molecule has 3 N–H and O–H groups in total. The Kier molecular flexibility index (Phi) is 3.55. The molecule has 0 spiro atoms. The van der Waals surface area contributed by atoms with Crippen molar-refractivity contribution in [2.45, 2.75) is 12.8 Å². The number of nitrogens with two attached hydrogens (primary N) is 1. The number of benzene rings is 1. The maximum atomic E-state index is 11.7. The Morgan fingerprint density at radius 3 is 2.72 bits per heavy atom. The average molecular weight is 243 g/mol. The highest BCUT2D eigenvalue weighted by molar-refractivity contribution is 5.39. The molecular weight excluding hydrogens is 230 g/mol. The zero-order valence-corrected chi connectivity index (χ0v) is 9.76. The van der Waals surface area contributed by atoms with Gasteiger partial charge in [0.05, 0.1) is 17.3 Å². The second-order valence-corrected chi connectivity index (χ2v) is 3.83. The van der Waals surface area contributed by atoms with Crippen LogP contribution < -0.4 is 11.4 Å². The molecule has 0 aliphatic heterocycles. The van der Waals surface area contributed by atoms with E-state index in [2.05, 4.69) is 10.2 Å². The highest BCUT2D eigenvalue weighted by Crippen LogP contribution is 2.09. The van der Waals surface area contributed by atoms with Crippen molar-refractivity contribution in [1.29, 1.82) is 5.26 Å². The van der Waals surface area contributed by atoms with Crippen LogP contribution in [0.2, 0.25) is 0 Å². The van der Waals surface area contributed by atoms with Crippen LogP contribution in [0.25, 0.3) is 5.69 Å². The van der Waals surface area contributed by atoms with Crippen molar-refractivity contribution < 1.29 is 0 Å². The minimum absolute atomic E-state index is 0.285. The van der Waals surface area contributed by atoms with Crippen LogP contribution in [0.1, 0.15) is 17.8 Å². The molecule has 1 aromatic heterocycles. The topological polar surface area (TPSA) is 100 Å². The molecule has 1 aromatic carbocycles. The Hall–Kier alpha value is -2.39. The summed E-state index contributed by atoms with van der Waals surface area (Å²) in [6.07, 6.45) is 1.40. The molecule has 0 aliphatic carbocycles. The minimum Gasteiger partial charge on any atom is -0.330 e. The molecule has 2 aromatic rings. The fourth-order valence-corrected chi connectivity index (χ4v) is 1.71. The Labute approximate surface area is 104 Å². The molecule has 0 fully saturated rings. The van der Waals surface area contributed by atoms with E-state index in [4.69, 9.17) is 11.0 Å². The number of nitrogens with one attached hydrogen (secondary N) is 1. The van der Waals surface area contributed by atoms with Gasteiger partial charge in [-0.25, -0.2) is 14.5 Å². The first-order valence-electron chi connectivity index (χ1n) is 5.63. The van der Waals surface area contributed by atoms with E-state index in [0.29, 0.717) is 30.0 Å². The van der Waals surface area contributed by atoms with E-state index in [1.165, 1.54) is 4.57 Å². The Morgan fingerprint density at radius 2 is 2.11 bits per heavy atom. The van der Waals surface area contributed by atoms with Crippen LogP contribution in [0.5, 0.6) is 0 Å². The fraction of sp³-hybridized carbons (Fsp3) is 0.250. The fourth-order valence-electron chi connectivity index (χ4n) is 1.71. The maximum absolute atomic E-state index is 11.7. The summed E-state index contributed by atoms with van der Waals surface area (Å²) in [5, 5.41) is 15.1. The van der Waals surface area contributed by atoms with Crippen molar-refractivity contribution in [3.05, 3.63) is 46.1 Å². The van der Waals surface area contributed by atoms with Crippen LogP contribution in [0, 0.1) is 11.3 Å². The number of aryl methyl sites for hydroxylation is 1. The summed E-state index contributed by atoms with van der Waals surface area (Å²) in [4.78, 5) is 11.7. The van der Waals surface area contributed by atoms with Crippen molar-refractivity contribution >= 4 is 0 Å². The summed E-state index contributed by atoms with van der Waals surface area (Å²) in [7, 11) is 0. The van der Waals surface area contributed by atoms with Gasteiger partial charge in [0.1, 0.15) is 5.82 Å². The first-order chi connectivity index (χ1) is 8.76. The molecule has 0 radical (unpaired) electrons. The highest BCUT2D eigenvalue weighted by atomic mass is 16.1. The molecule has 6 nitrogen and oxygen atoms in total. The van der Waals surface area contributed by atoms with Gasteiger partial charge in [-0.15, -0.1) is 0 Å². The Morgan fingerprint density at radius 1 is 1.39 bits per heavy atom. The molecule has 18 heavy (non-hydrogen) atoms. The third-order valence-corrected chi connectivity index (χ3v) is 2.60. The second kappa shape index (κ2) is 5.29. The number of H-pyrrole nitrogens is 1. The van der Waals surface area contributed by atoms with E-state index in [1.54, 1.807) is 24.3 Å². The molecular formula is C12H13N5O. The van der Waals surface area contributed by atoms with Gasteiger partial charge in [-0.05, 0) is 37.2 Å². The molecule has 92 valence electrons. The molecule has 0 saturated carbocycles. The molecule has 2 rings (SSSR count). The smallest absolute Gasteiger partial charge is 0.330 e. The molecule has 0 unspecified atom stereocenters. The van der Waals surface area contributed by atoms with Crippen LogP contribution in [0.3, 0.4) is 0 Å². The largest absolute Gasteiger partial charge is 0.347 e. The molecule has 0 aliphatic rings. The monoisotopic (exact) mass is 243 g/mol. The summed E-state index contributed by atoms with van der Waals surface area (Å²) >= 11 is 0. The number of hydrogen-bond acceptors (Lipinski definition) is 4. The first kappa shape index (κ1) is 12.1. The Balaban J connectivity index is 2.39. The molecule has 0 amide bonds. The van der Waals surface area contributed by atoms with E-state index in [9.17, 15) is 4.79 Å². The predicted molar refractivity (Wildman–Crippen MR) is 66.3 cm³/mol. The number of hydrogen-bond donors (Lipinski definition) is 2. The normalized spacial score (nSPS) is 10.2. The predicted octanol–water partition coefficient (Wildman–Crippen LogP) is 0.324. The zero-order chi connectivity index (χ0) is 13.0. The van der Waals surface area contributed by atoms with Crippen LogP contribution in [0.15, 0.2) is 29.1 Å². The van der Waals surface area contributed by atoms with Crippen molar-refractivity contribution in [2.75, 3.05) is 6.54 Å². The zero-order valence-electron chi connectivity index (χ0n) is 9.76. The van der Waals surface area contributed by atoms with Crippen molar-refractivity contribution in [2.24, 2.45) is 5.73 Å². The van der Waals surface area contributed by atoms with Gasteiger partial charge >= 0.3 is 5.69 Å². The van der Waals surface area contributed by atoms with Gasteiger partial charge in [-0.2, -0.15) is 10.4 Å². The van der Waals surface area contributed by atoms with Gasteiger partial charge < -0.3 is 5.73 Å². The molecule has 6 heteroatoms. The molecule has 1 heterocycles. The summed E-state index contributed by atoms with van der Waals surface area (Å²) < 4.78 is 1.50. The first-order valence-corrected chi connectivity index (χ1v) is 5.63. The highest BCUT2D eigenvalue weighted by Gasteiger charge is 2.09. The number of nitrogens with zero attached hydrogens (tertiary/aromatic N) is 3. The summed E-state index contributed by atoms with van der Waals surface area (Å²) in [6, 6.07) is 8.82. The van der Waals surface area contributed by atoms with Crippen molar-refractivity contribution in [3.63, 3.8) is 0 Å². The molecule has 0 atom stereocenters. The number of aromatic amines is 1. The van der Waals surface area contributed by atoms with Gasteiger partial charge in [0.2, 0.25) is 0 Å². The van der Waals surface area contributed by atoms with Gasteiger partial charge in [0.25, 0.3) is 0 Å². The van der Waals surface area contributed by atoms with E-state index in [0.717, 1.165) is 6.42 Å². The SMILES string of the molecule is N#Cc1ccc(-n2c(CCCN)n[nH]c2=O)cc1. The third kappa shape index (κ3) is 2.31. The third-order valence-electron chi connectivity index (χ3n) is 2.60. The summed E-state index contributed by atoms with van der Waals surface area (Å²) in [6.45, 7) is 0.550. The van der Waals surface area contributed by atoms with Gasteiger partial charge in [0.15, 0.2) is 0 Å². The summed E-state index contributed by atoms with van der Waals surface area (Å²) in [5.41, 5.74) is 6.41. The van der Waals surface area contributed by atoms with Crippen molar-refractivity contribution in [3.8, 4) is 11.8 Å². The van der Waals surface area contributed by atoms with E-state index < -0.39 is 0 Å². The minimum atomic E-state index is -0.285.